The first-order chi connectivity index (χ1) is 29.0. The van der Waals surface area contributed by atoms with Gasteiger partial charge in [-0.3, -0.25) is 9.59 Å². The molecule has 0 aromatic heterocycles. The average Bonchev–Trinajstić information content (AvgIpc) is 3.24. The number of esters is 1. The van der Waals surface area contributed by atoms with Crippen molar-refractivity contribution < 1.29 is 24.5 Å². The molecule has 0 aromatic carbocycles. The Hall–Kier alpha value is -1.92. The number of unbranched alkanes of at least 4 members (excludes halogenated alkanes) is 32. The van der Waals surface area contributed by atoms with Crippen molar-refractivity contribution >= 4 is 11.9 Å². The zero-order valence-electron chi connectivity index (χ0n) is 39.2. The van der Waals surface area contributed by atoms with Crippen molar-refractivity contribution in [3.63, 3.8) is 0 Å². The van der Waals surface area contributed by atoms with Crippen LogP contribution in [-0.4, -0.2) is 47.4 Å². The molecular weight excluding hydrogens is 731 g/mol. The Bertz CT molecular complexity index is 962. The van der Waals surface area contributed by atoms with E-state index in [9.17, 15) is 19.8 Å². The van der Waals surface area contributed by atoms with Gasteiger partial charge in [0.1, 0.15) is 0 Å². The number of allylic oxidation sites excluding steroid dienone is 5. The number of aliphatic hydroxyl groups is 2. The SMILES string of the molecule is CCCCCCC/C=C\CCCCCCCC(=O)OCCCCC/C=C\CCCCCCCC(=O)NC(CO)C(O)/C=C/CCCCCCCCCCCCCCCC. The quantitative estimate of drug-likeness (QED) is 0.0323. The molecule has 2 unspecified atom stereocenters. The van der Waals surface area contributed by atoms with E-state index in [1.807, 2.05) is 6.08 Å². The second-order valence-electron chi connectivity index (χ2n) is 17.5. The smallest absolute Gasteiger partial charge is 0.305 e. The maximum atomic E-state index is 12.4. The van der Waals surface area contributed by atoms with E-state index in [0.29, 0.717) is 19.4 Å². The van der Waals surface area contributed by atoms with Gasteiger partial charge >= 0.3 is 5.97 Å². The maximum Gasteiger partial charge on any atom is 0.305 e. The highest BCUT2D eigenvalue weighted by molar-refractivity contribution is 5.76. The first-order valence-corrected chi connectivity index (χ1v) is 25.8. The molecule has 0 fully saturated rings. The number of carbonyl (C=O) groups is 2. The summed E-state index contributed by atoms with van der Waals surface area (Å²) >= 11 is 0. The molecule has 0 radical (unpaired) electrons. The van der Waals surface area contributed by atoms with Crippen LogP contribution < -0.4 is 5.32 Å². The second-order valence-corrected chi connectivity index (χ2v) is 17.5. The highest BCUT2D eigenvalue weighted by Gasteiger charge is 2.18. The number of rotatable bonds is 47. The minimum atomic E-state index is -0.861. The normalized spacial score (nSPS) is 12.9. The van der Waals surface area contributed by atoms with Crippen molar-refractivity contribution in [3.8, 4) is 0 Å². The van der Waals surface area contributed by atoms with E-state index in [1.165, 1.54) is 154 Å². The number of carbonyl (C=O) groups excluding carboxylic acids is 2. The van der Waals surface area contributed by atoms with Crippen LogP contribution in [0.15, 0.2) is 36.5 Å². The molecule has 6 heteroatoms. The van der Waals surface area contributed by atoms with Crippen LogP contribution in [0.3, 0.4) is 0 Å². The highest BCUT2D eigenvalue weighted by atomic mass is 16.5. The number of ether oxygens (including phenoxy) is 1. The van der Waals surface area contributed by atoms with Crippen LogP contribution >= 0.6 is 0 Å². The van der Waals surface area contributed by atoms with Gasteiger partial charge in [-0.05, 0) is 89.9 Å². The first-order valence-electron chi connectivity index (χ1n) is 25.8. The summed E-state index contributed by atoms with van der Waals surface area (Å²) in [6, 6.07) is -0.647. The van der Waals surface area contributed by atoms with Gasteiger partial charge in [-0.25, -0.2) is 0 Å². The van der Waals surface area contributed by atoms with Crippen LogP contribution in [0.5, 0.6) is 0 Å². The van der Waals surface area contributed by atoms with Gasteiger partial charge in [-0.15, -0.1) is 0 Å². The van der Waals surface area contributed by atoms with Crippen molar-refractivity contribution in [1.82, 2.24) is 5.32 Å². The monoisotopic (exact) mass is 830 g/mol. The van der Waals surface area contributed by atoms with Crippen molar-refractivity contribution in [3.05, 3.63) is 36.5 Å². The lowest BCUT2D eigenvalue weighted by Crippen LogP contribution is -2.45. The molecule has 3 N–H and O–H groups in total. The van der Waals surface area contributed by atoms with Crippen LogP contribution in [-0.2, 0) is 14.3 Å². The van der Waals surface area contributed by atoms with Gasteiger partial charge in [-0.2, -0.15) is 0 Å². The summed E-state index contributed by atoms with van der Waals surface area (Å²) in [5, 5.41) is 23.0. The topological polar surface area (TPSA) is 95.9 Å². The summed E-state index contributed by atoms with van der Waals surface area (Å²) < 4.78 is 5.43. The van der Waals surface area contributed by atoms with E-state index in [1.54, 1.807) is 6.08 Å². The van der Waals surface area contributed by atoms with Crippen molar-refractivity contribution in [2.75, 3.05) is 13.2 Å². The fourth-order valence-corrected chi connectivity index (χ4v) is 7.62. The fourth-order valence-electron chi connectivity index (χ4n) is 7.62. The minimum absolute atomic E-state index is 0.0334. The molecule has 2 atom stereocenters. The van der Waals surface area contributed by atoms with Crippen LogP contribution in [0, 0.1) is 0 Å². The Labute approximate surface area is 366 Å². The molecular formula is C53H99NO5. The van der Waals surface area contributed by atoms with Crippen LogP contribution in [0.1, 0.15) is 264 Å². The molecule has 0 aliphatic carbocycles. The fraction of sp³-hybridized carbons (Fsp3) is 0.849. The van der Waals surface area contributed by atoms with E-state index < -0.39 is 12.1 Å². The number of hydrogen-bond donors (Lipinski definition) is 3. The highest BCUT2D eigenvalue weighted by Crippen LogP contribution is 2.15. The Kier molecular flexibility index (Phi) is 47.2. The van der Waals surface area contributed by atoms with E-state index >= 15 is 0 Å². The molecule has 346 valence electrons. The zero-order valence-corrected chi connectivity index (χ0v) is 39.2. The number of hydrogen-bond acceptors (Lipinski definition) is 5. The molecule has 0 rings (SSSR count). The van der Waals surface area contributed by atoms with E-state index in [-0.39, 0.29) is 18.5 Å². The third-order valence-electron chi connectivity index (χ3n) is 11.6. The Morgan fingerprint density at radius 1 is 0.458 bits per heavy atom. The van der Waals surface area contributed by atoms with Gasteiger partial charge in [-0.1, -0.05) is 198 Å². The predicted molar refractivity (Wildman–Crippen MR) is 255 cm³/mol. The zero-order chi connectivity index (χ0) is 43.0. The molecule has 0 aliphatic heterocycles. The maximum absolute atomic E-state index is 12.4. The number of amides is 1. The molecule has 0 aliphatic rings. The molecule has 1 amide bonds. The van der Waals surface area contributed by atoms with Crippen molar-refractivity contribution in [2.24, 2.45) is 0 Å². The van der Waals surface area contributed by atoms with Gasteiger partial charge < -0.3 is 20.3 Å². The van der Waals surface area contributed by atoms with Gasteiger partial charge in [0, 0.05) is 12.8 Å². The van der Waals surface area contributed by atoms with Crippen molar-refractivity contribution in [1.29, 1.82) is 0 Å². The third-order valence-corrected chi connectivity index (χ3v) is 11.6. The van der Waals surface area contributed by atoms with Gasteiger partial charge in [0.15, 0.2) is 0 Å². The lowest BCUT2D eigenvalue weighted by atomic mass is 10.0. The van der Waals surface area contributed by atoms with Crippen LogP contribution in [0.2, 0.25) is 0 Å². The molecule has 0 heterocycles. The average molecular weight is 830 g/mol. The first kappa shape index (κ1) is 57.1. The molecule has 0 saturated heterocycles. The van der Waals surface area contributed by atoms with Gasteiger partial charge in [0.2, 0.25) is 5.91 Å². The van der Waals surface area contributed by atoms with Crippen LogP contribution in [0.25, 0.3) is 0 Å². The largest absolute Gasteiger partial charge is 0.466 e. The summed E-state index contributed by atoms with van der Waals surface area (Å²) in [5.41, 5.74) is 0. The number of aliphatic hydroxyl groups excluding tert-OH is 2. The van der Waals surface area contributed by atoms with Gasteiger partial charge in [0.25, 0.3) is 0 Å². The van der Waals surface area contributed by atoms with Crippen molar-refractivity contribution in [2.45, 2.75) is 276 Å². The molecule has 0 aromatic rings. The molecule has 0 spiro atoms. The lowest BCUT2D eigenvalue weighted by Gasteiger charge is -2.20. The standard InChI is InChI=1S/C53H99NO5/c1-3-5-7-9-11-13-15-17-19-20-21-25-29-33-37-41-45-51(56)50(49-55)54-52(57)46-42-38-34-30-26-23-24-28-32-36-40-44-48-59-53(58)47-43-39-35-31-27-22-18-16-14-12-10-8-6-4-2/h16,18,24,28,41,45,50-51,55-56H,3-15,17,19-23,25-27,29-40,42-44,46-49H2,1-2H3,(H,54,57)/b18-16-,28-24-,45-41+. The Morgan fingerprint density at radius 2 is 0.797 bits per heavy atom. The van der Waals surface area contributed by atoms with Gasteiger partial charge in [0.05, 0.1) is 25.4 Å². The minimum Gasteiger partial charge on any atom is -0.466 e. The summed E-state index contributed by atoms with van der Waals surface area (Å²) in [6.45, 7) is 4.82. The van der Waals surface area contributed by atoms with E-state index in [2.05, 4.69) is 43.5 Å². The summed E-state index contributed by atoms with van der Waals surface area (Å²) in [4.78, 5) is 24.4. The lowest BCUT2D eigenvalue weighted by molar-refractivity contribution is -0.143. The van der Waals surface area contributed by atoms with Crippen LogP contribution in [0.4, 0.5) is 0 Å². The number of nitrogens with one attached hydrogen (secondary N) is 1. The molecule has 6 nitrogen and oxygen atoms in total. The molecule has 0 saturated carbocycles. The Morgan fingerprint density at radius 3 is 1.20 bits per heavy atom. The Balaban J connectivity index is 3.56. The van der Waals surface area contributed by atoms with E-state index in [0.717, 1.165) is 83.5 Å². The molecule has 59 heavy (non-hydrogen) atoms. The summed E-state index contributed by atoms with van der Waals surface area (Å²) in [7, 11) is 0. The third kappa shape index (κ3) is 45.4. The summed E-state index contributed by atoms with van der Waals surface area (Å²) in [5.74, 6) is -0.128. The summed E-state index contributed by atoms with van der Waals surface area (Å²) in [6.07, 6.45) is 58.5. The predicted octanol–water partition coefficient (Wildman–Crippen LogP) is 15.3. The second kappa shape index (κ2) is 48.7. The van der Waals surface area contributed by atoms with E-state index in [4.69, 9.17) is 4.74 Å². The molecule has 0 bridgehead atoms.